The van der Waals surface area contributed by atoms with Gasteiger partial charge in [-0.2, -0.15) is 5.10 Å². The van der Waals surface area contributed by atoms with Gasteiger partial charge in [-0.1, -0.05) is 93.3 Å². The second-order valence-corrected chi connectivity index (χ2v) is 10.5. The van der Waals surface area contributed by atoms with Gasteiger partial charge in [-0.05, 0) is 43.7 Å². The summed E-state index contributed by atoms with van der Waals surface area (Å²) in [5.74, 6) is 0.778. The molecule has 0 atom stereocenters. The lowest BCUT2D eigenvalue weighted by Gasteiger charge is -2.14. The average molecular weight is 520 g/mol. The van der Waals surface area contributed by atoms with Gasteiger partial charge in [0.25, 0.3) is 5.91 Å². The third-order valence-electron chi connectivity index (χ3n) is 6.08. The molecule has 0 N–H and O–H groups in total. The lowest BCUT2D eigenvalue weighted by atomic mass is 10.1. The van der Waals surface area contributed by atoms with E-state index in [2.05, 4.69) is 6.92 Å². The highest BCUT2D eigenvalue weighted by Gasteiger charge is 2.32. The number of hydrogen-bond acceptors (Lipinski definition) is 5. The Bertz CT molecular complexity index is 1220. The second-order valence-electron chi connectivity index (χ2n) is 8.78. The SMILES string of the molecule is CCCCCCCCN1C(=O)C(=Cc2cn(-c3ccccc3)nc2-c2cccc(OCC)c2)SC1=S. The van der Waals surface area contributed by atoms with Gasteiger partial charge in [-0.3, -0.25) is 9.69 Å². The minimum absolute atomic E-state index is 0.0139. The molecule has 4 rings (SSSR count). The molecule has 0 bridgehead atoms. The van der Waals surface area contributed by atoms with Crippen LogP contribution in [0.15, 0.2) is 65.7 Å². The second kappa shape index (κ2) is 12.9. The van der Waals surface area contributed by atoms with Crippen LogP contribution in [0.3, 0.4) is 0 Å². The van der Waals surface area contributed by atoms with Gasteiger partial charge in [-0.25, -0.2) is 4.68 Å². The van der Waals surface area contributed by atoms with Crippen LogP contribution in [-0.2, 0) is 4.79 Å². The van der Waals surface area contributed by atoms with E-state index in [1.165, 1.54) is 37.4 Å². The first-order chi connectivity index (χ1) is 17.6. The Labute approximate surface area is 223 Å². The van der Waals surface area contributed by atoms with Gasteiger partial charge in [0, 0.05) is 23.9 Å². The number of thiocarbonyl (C=S) groups is 1. The molecule has 188 valence electrons. The van der Waals surface area contributed by atoms with Crippen LogP contribution in [0.25, 0.3) is 23.0 Å². The molecule has 0 saturated carbocycles. The number of para-hydroxylation sites is 1. The first-order valence-electron chi connectivity index (χ1n) is 12.7. The molecule has 0 spiro atoms. The van der Waals surface area contributed by atoms with Crippen LogP contribution in [0.5, 0.6) is 5.75 Å². The lowest BCUT2D eigenvalue weighted by Crippen LogP contribution is -2.29. The molecule has 1 amide bonds. The Morgan fingerprint density at radius 3 is 2.56 bits per heavy atom. The maximum Gasteiger partial charge on any atom is 0.266 e. The molecule has 1 aliphatic rings. The molecule has 0 unspecified atom stereocenters. The number of ether oxygens (including phenoxy) is 1. The van der Waals surface area contributed by atoms with E-state index in [9.17, 15) is 4.79 Å². The fraction of sp³-hybridized carbons (Fsp3) is 0.345. The average Bonchev–Trinajstić information content (AvgIpc) is 3.43. The Kier molecular flexibility index (Phi) is 9.36. The number of amides is 1. The molecule has 1 fully saturated rings. The zero-order chi connectivity index (χ0) is 25.3. The van der Waals surface area contributed by atoms with Crippen LogP contribution in [0.4, 0.5) is 0 Å². The van der Waals surface area contributed by atoms with Crippen LogP contribution < -0.4 is 4.74 Å². The highest BCUT2D eigenvalue weighted by atomic mass is 32.2. The molecule has 0 aliphatic carbocycles. The molecule has 7 heteroatoms. The number of aromatic nitrogens is 2. The minimum atomic E-state index is -0.0139. The minimum Gasteiger partial charge on any atom is -0.494 e. The van der Waals surface area contributed by atoms with E-state index < -0.39 is 0 Å². The van der Waals surface area contributed by atoms with Gasteiger partial charge < -0.3 is 4.74 Å². The van der Waals surface area contributed by atoms with Gasteiger partial charge in [0.05, 0.1) is 17.2 Å². The fourth-order valence-corrected chi connectivity index (χ4v) is 5.51. The number of nitrogens with zero attached hydrogens (tertiary/aromatic N) is 3. The molecule has 36 heavy (non-hydrogen) atoms. The van der Waals surface area contributed by atoms with Crippen LogP contribution in [-0.4, -0.2) is 38.1 Å². The van der Waals surface area contributed by atoms with Gasteiger partial charge in [0.2, 0.25) is 0 Å². The van der Waals surface area contributed by atoms with Crippen molar-refractivity contribution in [1.82, 2.24) is 14.7 Å². The first-order valence-corrected chi connectivity index (χ1v) is 14.0. The van der Waals surface area contributed by atoms with Gasteiger partial charge in [-0.15, -0.1) is 0 Å². The molecule has 1 saturated heterocycles. The quantitative estimate of drug-likeness (QED) is 0.141. The smallest absolute Gasteiger partial charge is 0.266 e. The molecule has 3 aromatic rings. The van der Waals surface area contributed by atoms with E-state index in [0.717, 1.165) is 41.1 Å². The van der Waals surface area contributed by atoms with Gasteiger partial charge in [0.15, 0.2) is 0 Å². The molecule has 2 aromatic carbocycles. The molecular formula is C29H33N3O2S2. The Balaban J connectivity index is 1.60. The van der Waals surface area contributed by atoms with Crippen molar-refractivity contribution in [3.05, 3.63) is 71.3 Å². The van der Waals surface area contributed by atoms with E-state index in [1.54, 1.807) is 4.90 Å². The zero-order valence-corrected chi connectivity index (χ0v) is 22.6. The summed E-state index contributed by atoms with van der Waals surface area (Å²) in [5.41, 5.74) is 3.55. The van der Waals surface area contributed by atoms with E-state index in [1.807, 2.05) is 78.5 Å². The summed E-state index contributed by atoms with van der Waals surface area (Å²) in [6.07, 6.45) is 11.0. The van der Waals surface area contributed by atoms with Crippen molar-refractivity contribution in [3.63, 3.8) is 0 Å². The molecule has 2 heterocycles. The topological polar surface area (TPSA) is 47.4 Å². The van der Waals surface area contributed by atoms with Crippen molar-refractivity contribution in [1.29, 1.82) is 0 Å². The highest BCUT2D eigenvalue weighted by molar-refractivity contribution is 8.26. The summed E-state index contributed by atoms with van der Waals surface area (Å²) in [7, 11) is 0. The monoisotopic (exact) mass is 519 g/mol. The number of unbranched alkanes of at least 4 members (excludes halogenated alkanes) is 5. The summed E-state index contributed by atoms with van der Waals surface area (Å²) in [5, 5.41) is 4.89. The van der Waals surface area contributed by atoms with Crippen LogP contribution in [0.1, 0.15) is 57.9 Å². The Morgan fingerprint density at radius 2 is 1.78 bits per heavy atom. The van der Waals surface area contributed by atoms with Crippen molar-refractivity contribution in [2.24, 2.45) is 0 Å². The summed E-state index contributed by atoms with van der Waals surface area (Å²) in [6, 6.07) is 17.9. The maximum absolute atomic E-state index is 13.3. The summed E-state index contributed by atoms with van der Waals surface area (Å²) in [4.78, 5) is 15.6. The molecule has 0 radical (unpaired) electrons. The summed E-state index contributed by atoms with van der Waals surface area (Å²) in [6.45, 7) is 5.46. The van der Waals surface area contributed by atoms with Crippen molar-refractivity contribution in [2.75, 3.05) is 13.2 Å². The van der Waals surface area contributed by atoms with Crippen molar-refractivity contribution >= 4 is 40.3 Å². The van der Waals surface area contributed by atoms with Gasteiger partial charge >= 0.3 is 0 Å². The predicted octanol–water partition coefficient (Wildman–Crippen LogP) is 7.50. The maximum atomic E-state index is 13.3. The van der Waals surface area contributed by atoms with Gasteiger partial charge in [0.1, 0.15) is 15.8 Å². The zero-order valence-electron chi connectivity index (χ0n) is 21.0. The summed E-state index contributed by atoms with van der Waals surface area (Å²) >= 11 is 6.95. The third kappa shape index (κ3) is 6.45. The standard InChI is InChI=1S/C29H33N3O2S2/c1-3-5-6-7-8-12-18-31-28(33)26(36-29(31)35)20-23-21-32(24-15-10-9-11-16-24)30-27(23)22-14-13-17-25(19-22)34-4-2/h9-11,13-17,19-21H,3-8,12,18H2,1-2H3. The van der Waals surface area contributed by atoms with Crippen molar-refractivity contribution in [2.45, 2.75) is 52.4 Å². The number of rotatable bonds is 12. The molecular weight excluding hydrogens is 486 g/mol. The van der Waals surface area contributed by atoms with Crippen molar-refractivity contribution in [3.8, 4) is 22.7 Å². The largest absolute Gasteiger partial charge is 0.494 e. The number of carbonyl (C=O) groups excluding carboxylic acids is 1. The van der Waals surface area contributed by atoms with Crippen molar-refractivity contribution < 1.29 is 9.53 Å². The summed E-state index contributed by atoms with van der Waals surface area (Å²) < 4.78 is 8.20. The number of benzene rings is 2. The molecule has 1 aromatic heterocycles. The lowest BCUT2D eigenvalue weighted by molar-refractivity contribution is -0.122. The Morgan fingerprint density at radius 1 is 1.00 bits per heavy atom. The third-order valence-corrected chi connectivity index (χ3v) is 7.45. The van der Waals surface area contributed by atoms with Crippen LogP contribution in [0.2, 0.25) is 0 Å². The van der Waals surface area contributed by atoms with E-state index in [4.69, 9.17) is 22.1 Å². The fourth-order valence-electron chi connectivity index (χ4n) is 4.21. The van der Waals surface area contributed by atoms with Crippen LogP contribution >= 0.6 is 24.0 Å². The highest BCUT2D eigenvalue weighted by Crippen LogP contribution is 2.35. The van der Waals surface area contributed by atoms with Crippen LogP contribution in [0, 0.1) is 0 Å². The number of carbonyl (C=O) groups is 1. The van der Waals surface area contributed by atoms with E-state index >= 15 is 0 Å². The van der Waals surface area contributed by atoms with E-state index in [0.29, 0.717) is 22.4 Å². The number of thioether (sulfide) groups is 1. The predicted molar refractivity (Wildman–Crippen MR) is 153 cm³/mol. The normalized spacial score (nSPS) is 14.7. The number of hydrogen-bond donors (Lipinski definition) is 0. The molecule has 1 aliphatic heterocycles. The Hall–Kier alpha value is -2.90. The molecule has 5 nitrogen and oxygen atoms in total. The first kappa shape index (κ1) is 26.2. The van der Waals surface area contributed by atoms with E-state index in [-0.39, 0.29) is 5.91 Å².